The summed E-state index contributed by atoms with van der Waals surface area (Å²) in [6.45, 7) is 4.48. The molecule has 2 amide bonds. The van der Waals surface area contributed by atoms with Crippen LogP contribution in [-0.2, 0) is 39.1 Å². The molecule has 4 rings (SSSR count). The number of sulfonamides is 1. The highest BCUT2D eigenvalue weighted by atomic mass is 32.2. The number of aromatic nitrogens is 2. The van der Waals surface area contributed by atoms with Gasteiger partial charge in [-0.3, -0.25) is 9.59 Å². The summed E-state index contributed by atoms with van der Waals surface area (Å²) in [5, 5.41) is 3.15. The van der Waals surface area contributed by atoms with Gasteiger partial charge in [0.2, 0.25) is 0 Å². The zero-order valence-electron chi connectivity index (χ0n) is 26.1. The number of nitrogens with one attached hydrogen (secondary N) is 2. The molecule has 0 spiro atoms. The molecule has 3 aromatic carbocycles. The summed E-state index contributed by atoms with van der Waals surface area (Å²) in [6, 6.07) is 22.1. The van der Waals surface area contributed by atoms with Crippen LogP contribution >= 0.6 is 11.8 Å². The molecule has 0 atom stereocenters. The van der Waals surface area contributed by atoms with Gasteiger partial charge in [-0.15, -0.1) is 11.8 Å². The van der Waals surface area contributed by atoms with Crippen LogP contribution < -0.4 is 10.0 Å². The molecule has 1 aromatic heterocycles. The van der Waals surface area contributed by atoms with Crippen LogP contribution in [0.1, 0.15) is 60.5 Å². The lowest BCUT2D eigenvalue weighted by atomic mass is 10.0. The molecule has 12 heteroatoms. The maximum atomic E-state index is 13.3. The fraction of sp³-hybridized carbons (Fsp3) is 0.294. The number of imidazole rings is 1. The van der Waals surface area contributed by atoms with Gasteiger partial charge in [-0.05, 0) is 42.4 Å². The SMILES string of the molecule is CCCCc1nc(SC)c(C(=O)CC(=O)OCC)n1Cc1ccc(-c2ccccc2S(=O)(=O)NC(=O)NCc2ccccc2)cc1. The van der Waals surface area contributed by atoms with Crippen molar-refractivity contribution < 1.29 is 27.5 Å². The quantitative estimate of drug-likeness (QED) is 0.0686. The van der Waals surface area contributed by atoms with Crippen molar-refractivity contribution in [2.45, 2.75) is 62.5 Å². The number of urea groups is 1. The van der Waals surface area contributed by atoms with Crippen LogP contribution in [0, 0.1) is 0 Å². The molecule has 10 nitrogen and oxygen atoms in total. The summed E-state index contributed by atoms with van der Waals surface area (Å²) in [5.41, 5.74) is 3.14. The second-order valence-electron chi connectivity index (χ2n) is 10.4. The van der Waals surface area contributed by atoms with Crippen molar-refractivity contribution >= 4 is 39.6 Å². The molecule has 0 unspecified atom stereocenters. The molecule has 0 aliphatic heterocycles. The van der Waals surface area contributed by atoms with Gasteiger partial charge in [0.25, 0.3) is 10.0 Å². The molecule has 0 aliphatic rings. The first-order valence-electron chi connectivity index (χ1n) is 15.0. The second kappa shape index (κ2) is 16.2. The van der Waals surface area contributed by atoms with Gasteiger partial charge in [0.1, 0.15) is 23.0 Å². The molecule has 46 heavy (non-hydrogen) atoms. The third-order valence-corrected chi connectivity index (χ3v) is 9.20. The van der Waals surface area contributed by atoms with Crippen molar-refractivity contribution in [3.8, 4) is 11.1 Å². The summed E-state index contributed by atoms with van der Waals surface area (Å²) in [5.74, 6) is -0.173. The number of unbranched alkanes of at least 4 members (excludes halogenated alkanes) is 1. The highest BCUT2D eigenvalue weighted by Crippen LogP contribution is 2.29. The number of rotatable bonds is 15. The van der Waals surface area contributed by atoms with Crippen LogP contribution in [-0.4, -0.2) is 48.6 Å². The normalized spacial score (nSPS) is 11.2. The highest BCUT2D eigenvalue weighted by Gasteiger charge is 2.25. The van der Waals surface area contributed by atoms with Gasteiger partial charge in [0.15, 0.2) is 5.78 Å². The van der Waals surface area contributed by atoms with Gasteiger partial charge < -0.3 is 14.6 Å². The smallest absolute Gasteiger partial charge is 0.328 e. The molecule has 1 heterocycles. The van der Waals surface area contributed by atoms with Crippen LogP contribution in [0.5, 0.6) is 0 Å². The number of hydrogen-bond acceptors (Lipinski definition) is 8. The lowest BCUT2D eigenvalue weighted by Gasteiger charge is -2.14. The average molecular weight is 663 g/mol. The standard InChI is InChI=1S/C34H38N4O6S2/c1-4-6-16-30-36-33(45-3)32(28(39)21-31(40)44-5-2)38(30)23-25-17-19-26(20-18-25)27-14-10-11-15-29(27)46(42,43)37-34(41)35-22-24-12-8-7-9-13-24/h7-15,17-20H,4-6,16,21-23H2,1-3H3,(H2,35,37,41). The van der Waals surface area contributed by atoms with Crippen LogP contribution in [0.4, 0.5) is 4.79 Å². The predicted octanol–water partition coefficient (Wildman–Crippen LogP) is 5.99. The Bertz CT molecular complexity index is 1770. The molecule has 2 N–H and O–H groups in total. The summed E-state index contributed by atoms with van der Waals surface area (Å²) in [6.07, 6.45) is 3.99. The third-order valence-electron chi connectivity index (χ3n) is 7.14. The average Bonchev–Trinajstić information content (AvgIpc) is 3.40. The van der Waals surface area contributed by atoms with E-state index in [2.05, 4.69) is 17.0 Å². The van der Waals surface area contributed by atoms with Crippen molar-refractivity contribution in [1.82, 2.24) is 19.6 Å². The Kier molecular flexibility index (Phi) is 12.2. The maximum absolute atomic E-state index is 13.3. The summed E-state index contributed by atoms with van der Waals surface area (Å²) in [7, 11) is -4.20. The van der Waals surface area contributed by atoms with E-state index in [9.17, 15) is 22.8 Å². The van der Waals surface area contributed by atoms with Crippen LogP contribution in [0.15, 0.2) is 88.8 Å². The monoisotopic (exact) mass is 662 g/mol. The second-order valence-corrected chi connectivity index (χ2v) is 12.9. The van der Waals surface area contributed by atoms with E-state index in [1.165, 1.54) is 17.8 Å². The van der Waals surface area contributed by atoms with Crippen LogP contribution in [0.3, 0.4) is 0 Å². The molecule has 0 saturated heterocycles. The van der Waals surface area contributed by atoms with E-state index in [-0.39, 0.29) is 30.3 Å². The number of carbonyl (C=O) groups is 3. The van der Waals surface area contributed by atoms with Gasteiger partial charge in [0.05, 0.1) is 11.5 Å². The number of thioether (sulfide) groups is 1. The Labute approximate surface area is 274 Å². The number of amides is 2. The predicted molar refractivity (Wildman–Crippen MR) is 178 cm³/mol. The van der Waals surface area contributed by atoms with Gasteiger partial charge in [-0.25, -0.2) is 22.9 Å². The largest absolute Gasteiger partial charge is 0.466 e. The first-order valence-corrected chi connectivity index (χ1v) is 17.7. The number of ether oxygens (including phenoxy) is 1. The minimum Gasteiger partial charge on any atom is -0.466 e. The molecular weight excluding hydrogens is 625 g/mol. The first kappa shape index (κ1) is 34.5. The van der Waals surface area contributed by atoms with Gasteiger partial charge in [-0.2, -0.15) is 0 Å². The number of esters is 1. The molecule has 0 saturated carbocycles. The molecular formula is C34H38N4O6S2. The summed E-state index contributed by atoms with van der Waals surface area (Å²) < 4.78 is 35.6. The number of Topliss-reactive ketones (excluding diaryl/α,β-unsaturated/α-hetero) is 1. The zero-order chi connectivity index (χ0) is 33.1. The van der Waals surface area contributed by atoms with Gasteiger partial charge >= 0.3 is 12.0 Å². The van der Waals surface area contributed by atoms with Crippen molar-refractivity contribution in [2.24, 2.45) is 0 Å². The Balaban J connectivity index is 1.57. The minimum atomic E-state index is -4.20. The Morgan fingerprint density at radius 2 is 1.61 bits per heavy atom. The van der Waals surface area contributed by atoms with E-state index in [0.29, 0.717) is 34.8 Å². The summed E-state index contributed by atoms with van der Waals surface area (Å²) >= 11 is 1.36. The van der Waals surface area contributed by atoms with Crippen molar-refractivity contribution in [1.29, 1.82) is 0 Å². The van der Waals surface area contributed by atoms with Crippen LogP contribution in [0.25, 0.3) is 11.1 Å². The molecule has 242 valence electrons. The van der Waals surface area contributed by atoms with Gasteiger partial charge in [-0.1, -0.05) is 86.1 Å². The van der Waals surface area contributed by atoms with Crippen molar-refractivity contribution in [2.75, 3.05) is 12.9 Å². The Morgan fingerprint density at radius 3 is 2.28 bits per heavy atom. The van der Waals surface area contributed by atoms with Crippen molar-refractivity contribution in [3.63, 3.8) is 0 Å². The van der Waals surface area contributed by atoms with E-state index >= 15 is 0 Å². The van der Waals surface area contributed by atoms with E-state index < -0.39 is 22.0 Å². The first-order chi connectivity index (χ1) is 22.2. The number of nitrogens with zero attached hydrogens (tertiary/aromatic N) is 2. The summed E-state index contributed by atoms with van der Waals surface area (Å²) in [4.78, 5) is 42.6. The molecule has 0 fully saturated rings. The molecule has 0 bridgehead atoms. The van der Waals surface area contributed by atoms with Crippen molar-refractivity contribution in [3.05, 3.63) is 102 Å². The highest BCUT2D eigenvalue weighted by molar-refractivity contribution is 7.98. The maximum Gasteiger partial charge on any atom is 0.328 e. The lowest BCUT2D eigenvalue weighted by molar-refractivity contribution is -0.141. The lowest BCUT2D eigenvalue weighted by Crippen LogP contribution is -2.39. The number of hydrogen-bond donors (Lipinski definition) is 2. The number of aryl methyl sites for hydroxylation is 1. The molecule has 0 radical (unpaired) electrons. The van der Waals surface area contributed by atoms with E-state index in [4.69, 9.17) is 9.72 Å². The number of ketones is 1. The fourth-order valence-corrected chi connectivity index (χ4v) is 6.69. The van der Waals surface area contributed by atoms with Crippen LogP contribution in [0.2, 0.25) is 0 Å². The van der Waals surface area contributed by atoms with E-state index in [0.717, 1.165) is 29.8 Å². The Hall–Kier alpha value is -4.42. The number of carbonyl (C=O) groups excluding carboxylic acids is 3. The number of benzene rings is 3. The molecule has 0 aliphatic carbocycles. The third kappa shape index (κ3) is 8.85. The minimum absolute atomic E-state index is 0.0365. The van der Waals surface area contributed by atoms with Gasteiger partial charge in [0, 0.05) is 25.1 Å². The molecule has 4 aromatic rings. The zero-order valence-corrected chi connectivity index (χ0v) is 27.7. The fourth-order valence-electron chi connectivity index (χ4n) is 4.91. The van der Waals surface area contributed by atoms with E-state index in [1.54, 1.807) is 37.3 Å². The topological polar surface area (TPSA) is 136 Å². The Morgan fingerprint density at radius 1 is 0.913 bits per heavy atom. The van der Waals surface area contributed by atoms with E-state index in [1.807, 2.05) is 53.3 Å².